The lowest BCUT2D eigenvalue weighted by molar-refractivity contribution is -0.123. The Bertz CT molecular complexity index is 1330. The van der Waals surface area contributed by atoms with Gasteiger partial charge in [-0.15, -0.1) is 0 Å². The summed E-state index contributed by atoms with van der Waals surface area (Å²) in [4.78, 5) is 29.0. The molecule has 2 amide bonds. The number of nitrogens with zero attached hydrogens (tertiary/aromatic N) is 1. The molecule has 38 heavy (non-hydrogen) atoms. The number of benzene rings is 3. The number of hydrogen-bond donors (Lipinski definition) is 1. The molecule has 3 aromatic carbocycles. The van der Waals surface area contributed by atoms with Crippen molar-refractivity contribution < 1.29 is 23.1 Å². The Balaban J connectivity index is 1.74. The lowest BCUT2D eigenvalue weighted by Crippen LogP contribution is -2.46. The zero-order chi connectivity index (χ0) is 27.6. The minimum absolute atomic E-state index is 0.0366. The second-order valence-electron chi connectivity index (χ2n) is 10.8. The van der Waals surface area contributed by atoms with E-state index < -0.39 is 29.5 Å². The van der Waals surface area contributed by atoms with Crippen LogP contribution in [-0.2, 0) is 10.2 Å². The van der Waals surface area contributed by atoms with Gasteiger partial charge in [-0.05, 0) is 72.2 Å². The molecule has 0 saturated carbocycles. The highest BCUT2D eigenvalue weighted by Gasteiger charge is 2.41. The van der Waals surface area contributed by atoms with Crippen molar-refractivity contribution in [3.8, 4) is 5.75 Å². The molecule has 5 nitrogen and oxygen atoms in total. The fraction of sp³-hybridized carbons (Fsp3) is 0.355. The molecule has 1 aliphatic rings. The van der Waals surface area contributed by atoms with Gasteiger partial charge in [-0.1, -0.05) is 51.1 Å². The van der Waals surface area contributed by atoms with E-state index in [0.717, 1.165) is 5.56 Å². The second kappa shape index (κ2) is 10.9. The first-order valence-corrected chi connectivity index (χ1v) is 12.8. The van der Waals surface area contributed by atoms with Crippen molar-refractivity contribution in [2.24, 2.45) is 5.92 Å². The third-order valence-electron chi connectivity index (χ3n) is 7.18. The van der Waals surface area contributed by atoms with E-state index in [2.05, 4.69) is 26.1 Å². The lowest BCUT2D eigenvalue weighted by atomic mass is 9.83. The highest BCUT2D eigenvalue weighted by Crippen LogP contribution is 2.39. The zero-order valence-corrected chi connectivity index (χ0v) is 22.5. The van der Waals surface area contributed by atoms with Crippen LogP contribution in [0.5, 0.6) is 5.75 Å². The molecule has 3 aromatic rings. The van der Waals surface area contributed by atoms with Crippen LogP contribution in [-0.4, -0.2) is 30.4 Å². The summed E-state index contributed by atoms with van der Waals surface area (Å²) in [5.41, 5.74) is 2.53. The lowest BCUT2D eigenvalue weighted by Gasteiger charge is -2.41. The van der Waals surface area contributed by atoms with Crippen molar-refractivity contribution in [1.29, 1.82) is 0 Å². The fourth-order valence-corrected chi connectivity index (χ4v) is 5.12. The Hall–Kier alpha value is -3.74. The van der Waals surface area contributed by atoms with Crippen LogP contribution in [0.4, 0.5) is 14.5 Å². The highest BCUT2D eigenvalue weighted by molar-refractivity contribution is 5.98. The van der Waals surface area contributed by atoms with Gasteiger partial charge in [0.05, 0.1) is 24.6 Å². The number of hydrogen-bond acceptors (Lipinski definition) is 3. The number of likely N-dealkylation sites (tertiary alicyclic amines) is 1. The van der Waals surface area contributed by atoms with Crippen molar-refractivity contribution in [2.45, 2.75) is 52.0 Å². The van der Waals surface area contributed by atoms with Gasteiger partial charge in [0.1, 0.15) is 5.82 Å². The molecule has 0 radical (unpaired) electrons. The third-order valence-corrected chi connectivity index (χ3v) is 7.18. The standard InChI is InChI=1S/C31H34F2N2O3/c1-19-9-6-13-24(32)27(19)30(37)35-16-8-12-23(28(35)20-14-15-26(38-5)25(33)17-20)29(36)34-22-11-7-10-21(18-22)31(2,3)4/h6-7,9-11,13-15,17-18,23,28H,8,12,16H2,1-5H3,(H,34,36). The Morgan fingerprint density at radius 1 is 1.00 bits per heavy atom. The SMILES string of the molecule is COc1ccc(C2C(C(=O)Nc3cccc(C(C)(C)C)c3)CCCN2C(=O)c2c(C)cccc2F)cc1F. The summed E-state index contributed by atoms with van der Waals surface area (Å²) < 4.78 is 34.7. The fourth-order valence-electron chi connectivity index (χ4n) is 5.12. The van der Waals surface area contributed by atoms with E-state index in [9.17, 15) is 18.4 Å². The number of carbonyl (C=O) groups excluding carboxylic acids is 2. The molecule has 0 aliphatic carbocycles. The molecule has 1 fully saturated rings. The average molecular weight is 521 g/mol. The van der Waals surface area contributed by atoms with E-state index in [-0.39, 0.29) is 22.6 Å². The summed E-state index contributed by atoms with van der Waals surface area (Å²) in [5, 5.41) is 3.01. The van der Waals surface area contributed by atoms with Gasteiger partial charge in [-0.25, -0.2) is 8.78 Å². The Morgan fingerprint density at radius 2 is 1.74 bits per heavy atom. The van der Waals surface area contributed by atoms with Gasteiger partial charge in [0.25, 0.3) is 5.91 Å². The van der Waals surface area contributed by atoms with Gasteiger partial charge in [-0.2, -0.15) is 0 Å². The van der Waals surface area contributed by atoms with Crippen LogP contribution < -0.4 is 10.1 Å². The number of aryl methyl sites for hydroxylation is 1. The van der Waals surface area contributed by atoms with Gasteiger partial charge in [0, 0.05) is 12.2 Å². The topological polar surface area (TPSA) is 58.6 Å². The van der Waals surface area contributed by atoms with Gasteiger partial charge in [0.15, 0.2) is 11.6 Å². The van der Waals surface area contributed by atoms with Crippen LogP contribution in [0.15, 0.2) is 60.7 Å². The van der Waals surface area contributed by atoms with E-state index in [1.165, 1.54) is 30.2 Å². The van der Waals surface area contributed by atoms with Crippen LogP contribution in [0.1, 0.15) is 66.7 Å². The van der Waals surface area contributed by atoms with Crippen LogP contribution in [0.25, 0.3) is 0 Å². The van der Waals surface area contributed by atoms with Gasteiger partial charge < -0.3 is 15.0 Å². The largest absolute Gasteiger partial charge is 0.494 e. The molecule has 0 spiro atoms. The minimum atomic E-state index is -0.790. The summed E-state index contributed by atoms with van der Waals surface area (Å²) in [6, 6.07) is 15.8. The Kier molecular flexibility index (Phi) is 7.86. The molecular weight excluding hydrogens is 486 g/mol. The maximum atomic E-state index is 14.8. The molecule has 200 valence electrons. The summed E-state index contributed by atoms with van der Waals surface area (Å²) in [6.07, 6.45) is 1.04. The first-order chi connectivity index (χ1) is 18.0. The predicted molar refractivity (Wildman–Crippen MR) is 144 cm³/mol. The van der Waals surface area contributed by atoms with Gasteiger partial charge in [0.2, 0.25) is 5.91 Å². The van der Waals surface area contributed by atoms with Crippen molar-refractivity contribution >= 4 is 17.5 Å². The van der Waals surface area contributed by atoms with E-state index in [1.54, 1.807) is 25.1 Å². The number of rotatable bonds is 5. The highest BCUT2D eigenvalue weighted by atomic mass is 19.1. The van der Waals surface area contributed by atoms with Gasteiger partial charge in [-0.3, -0.25) is 9.59 Å². The van der Waals surface area contributed by atoms with Crippen molar-refractivity contribution in [1.82, 2.24) is 4.90 Å². The molecule has 1 N–H and O–H groups in total. The Labute approximate surface area is 222 Å². The normalized spacial score (nSPS) is 17.7. The number of nitrogens with one attached hydrogen (secondary N) is 1. The number of halogens is 2. The van der Waals surface area contributed by atoms with E-state index in [4.69, 9.17) is 4.74 Å². The van der Waals surface area contributed by atoms with Crippen molar-refractivity contribution in [2.75, 3.05) is 19.0 Å². The molecule has 2 unspecified atom stereocenters. The molecule has 1 heterocycles. The number of anilines is 1. The molecule has 1 aliphatic heterocycles. The van der Waals surface area contributed by atoms with Crippen LogP contribution in [0.2, 0.25) is 0 Å². The summed E-state index contributed by atoms with van der Waals surface area (Å²) in [5.74, 6) is -2.63. The number of methoxy groups -OCH3 is 1. The van der Waals surface area contributed by atoms with Gasteiger partial charge >= 0.3 is 0 Å². The monoisotopic (exact) mass is 520 g/mol. The number of amides is 2. The van der Waals surface area contributed by atoms with E-state index in [0.29, 0.717) is 36.2 Å². The maximum absolute atomic E-state index is 14.8. The molecule has 1 saturated heterocycles. The summed E-state index contributed by atoms with van der Waals surface area (Å²) in [6.45, 7) is 8.27. The smallest absolute Gasteiger partial charge is 0.257 e. The average Bonchev–Trinajstić information content (AvgIpc) is 2.87. The molecule has 0 aromatic heterocycles. The number of carbonyl (C=O) groups is 2. The summed E-state index contributed by atoms with van der Waals surface area (Å²) >= 11 is 0. The third kappa shape index (κ3) is 5.57. The minimum Gasteiger partial charge on any atom is -0.494 e. The molecule has 4 rings (SSSR count). The molecule has 0 bridgehead atoms. The van der Waals surface area contributed by atoms with Crippen LogP contribution >= 0.6 is 0 Å². The first-order valence-electron chi connectivity index (χ1n) is 12.8. The maximum Gasteiger partial charge on any atom is 0.257 e. The molecule has 2 atom stereocenters. The number of piperidine rings is 1. The van der Waals surface area contributed by atoms with Crippen LogP contribution in [0.3, 0.4) is 0 Å². The summed E-state index contributed by atoms with van der Waals surface area (Å²) in [7, 11) is 1.37. The first kappa shape index (κ1) is 27.3. The molecular formula is C31H34F2N2O3. The van der Waals surface area contributed by atoms with Crippen LogP contribution in [0, 0.1) is 24.5 Å². The quantitative estimate of drug-likeness (QED) is 0.402. The van der Waals surface area contributed by atoms with Crippen molar-refractivity contribution in [3.05, 3.63) is 94.6 Å². The van der Waals surface area contributed by atoms with E-state index in [1.807, 2.05) is 24.3 Å². The second-order valence-corrected chi connectivity index (χ2v) is 10.8. The zero-order valence-electron chi connectivity index (χ0n) is 22.5. The molecule has 7 heteroatoms. The van der Waals surface area contributed by atoms with Crippen molar-refractivity contribution in [3.63, 3.8) is 0 Å². The number of ether oxygens (including phenoxy) is 1. The van der Waals surface area contributed by atoms with E-state index >= 15 is 0 Å². The Morgan fingerprint density at radius 3 is 2.39 bits per heavy atom. The predicted octanol–water partition coefficient (Wildman–Crippen LogP) is 6.81.